The Kier molecular flexibility index (Phi) is 5.06. The Morgan fingerprint density at radius 2 is 1.69 bits per heavy atom. The number of nitrogens with zero attached hydrogens (tertiary/aromatic N) is 1. The number of carboxylic acid groups (broad SMARTS) is 1. The molecule has 5 fully saturated rings. The monoisotopic (exact) mass is 406 g/mol. The molecule has 1 heterocycles. The molecule has 2 N–H and O–H groups in total. The van der Waals surface area contributed by atoms with Gasteiger partial charge in [-0.3, -0.25) is 4.79 Å². The van der Waals surface area contributed by atoms with E-state index in [9.17, 15) is 19.5 Å². The number of piperidine rings is 1. The number of ether oxygens (including phenoxy) is 1. The van der Waals surface area contributed by atoms with E-state index in [0.29, 0.717) is 0 Å². The van der Waals surface area contributed by atoms with E-state index in [-0.39, 0.29) is 23.3 Å². The maximum Gasteiger partial charge on any atom is 0.408 e. The van der Waals surface area contributed by atoms with Gasteiger partial charge in [-0.25, -0.2) is 9.59 Å². The highest BCUT2D eigenvalue weighted by Crippen LogP contribution is 2.53. The lowest BCUT2D eigenvalue weighted by Crippen LogP contribution is -2.63. The van der Waals surface area contributed by atoms with Crippen LogP contribution >= 0.6 is 0 Å². The van der Waals surface area contributed by atoms with Gasteiger partial charge in [0.15, 0.2) is 0 Å². The largest absolute Gasteiger partial charge is 0.480 e. The molecule has 0 unspecified atom stereocenters. The van der Waals surface area contributed by atoms with Crippen molar-refractivity contribution in [2.45, 2.75) is 102 Å². The second-order valence-electron chi connectivity index (χ2n) is 10.7. The van der Waals surface area contributed by atoms with E-state index in [1.54, 1.807) is 25.7 Å². The minimum Gasteiger partial charge on any atom is -0.480 e. The summed E-state index contributed by atoms with van der Waals surface area (Å²) in [6.07, 6.45) is 7.84. The minimum atomic E-state index is -0.925. The summed E-state index contributed by atoms with van der Waals surface area (Å²) in [4.78, 5) is 40.1. The van der Waals surface area contributed by atoms with Crippen molar-refractivity contribution in [1.82, 2.24) is 10.2 Å². The third-order valence-corrected chi connectivity index (χ3v) is 7.76. The number of rotatable bonds is 4. The molecule has 0 spiro atoms. The van der Waals surface area contributed by atoms with Crippen molar-refractivity contribution in [1.29, 1.82) is 0 Å². The normalized spacial score (nSPS) is 36.7. The molecule has 4 saturated carbocycles. The Bertz CT molecular complexity index is 678. The van der Waals surface area contributed by atoms with Crippen LogP contribution in [0.15, 0.2) is 0 Å². The predicted octanol–water partition coefficient (Wildman–Crippen LogP) is 3.31. The number of likely N-dealkylation sites (tertiary alicyclic amines) is 1. The van der Waals surface area contributed by atoms with Gasteiger partial charge >= 0.3 is 12.1 Å². The fourth-order valence-corrected chi connectivity index (χ4v) is 6.39. The summed E-state index contributed by atoms with van der Waals surface area (Å²) in [6.45, 7) is 5.40. The van der Waals surface area contributed by atoms with Crippen molar-refractivity contribution in [3.63, 3.8) is 0 Å². The summed E-state index contributed by atoms with van der Waals surface area (Å²) >= 11 is 0. The third kappa shape index (κ3) is 3.73. The molecule has 2 amide bonds. The van der Waals surface area contributed by atoms with Gasteiger partial charge in [0, 0.05) is 6.04 Å². The third-order valence-electron chi connectivity index (χ3n) is 7.76. The van der Waals surface area contributed by atoms with E-state index in [2.05, 4.69) is 5.32 Å². The average Bonchev–Trinajstić information content (AvgIpc) is 3.27. The highest BCUT2D eigenvalue weighted by molar-refractivity contribution is 5.91. The van der Waals surface area contributed by atoms with Crippen molar-refractivity contribution >= 4 is 18.0 Å². The summed E-state index contributed by atoms with van der Waals surface area (Å²) < 4.78 is 5.47. The highest BCUT2D eigenvalue weighted by atomic mass is 16.6. The summed E-state index contributed by atoms with van der Waals surface area (Å²) in [5, 5.41) is 12.7. The van der Waals surface area contributed by atoms with Crippen molar-refractivity contribution in [2.75, 3.05) is 0 Å². The fraction of sp³-hybridized carbons (Fsp3) is 0.864. The van der Waals surface area contributed by atoms with Crippen LogP contribution in [0.1, 0.15) is 78.6 Å². The lowest BCUT2D eigenvalue weighted by molar-refractivity contribution is -0.156. The van der Waals surface area contributed by atoms with Crippen LogP contribution in [0.2, 0.25) is 0 Å². The van der Waals surface area contributed by atoms with Crippen LogP contribution in [0.25, 0.3) is 0 Å². The number of hydrogen-bond donors (Lipinski definition) is 2. The smallest absolute Gasteiger partial charge is 0.408 e. The number of carbonyl (C=O) groups excluding carboxylic acids is 2. The van der Waals surface area contributed by atoms with E-state index < -0.39 is 29.7 Å². The second-order valence-corrected chi connectivity index (χ2v) is 10.7. The van der Waals surface area contributed by atoms with Gasteiger partial charge in [-0.15, -0.1) is 0 Å². The van der Waals surface area contributed by atoms with Crippen molar-refractivity contribution in [3.05, 3.63) is 0 Å². The number of fused-ring (bicyclic) bond motifs is 5. The summed E-state index contributed by atoms with van der Waals surface area (Å²) in [6, 6.07) is -1.49. The summed E-state index contributed by atoms with van der Waals surface area (Å²) in [7, 11) is 0. The van der Waals surface area contributed by atoms with Crippen LogP contribution in [0.3, 0.4) is 0 Å². The minimum absolute atomic E-state index is 0.0205. The number of aliphatic carboxylic acids is 1. The number of alkyl carbamates (subject to hydrolysis) is 1. The first kappa shape index (κ1) is 20.5. The van der Waals surface area contributed by atoms with E-state index in [1.165, 1.54) is 0 Å². The van der Waals surface area contributed by atoms with Gasteiger partial charge in [-0.05, 0) is 95.8 Å². The standard InChI is InChI=1S/C22H34N2O5/c1-21(2,3)29-20(28)23-17(22-9-6-13(7-10-22)8-11-22)18(25)24-15-5-4-14(12-15)16(24)19(26)27/h13-17H,4-12H2,1-3H3,(H,23,28)(H,26,27)/t13?,14-,15+,16-,17+,22?/m0/s1. The molecule has 0 aromatic carbocycles. The molecule has 4 atom stereocenters. The number of carbonyl (C=O) groups is 3. The van der Waals surface area contributed by atoms with Crippen LogP contribution in [0.5, 0.6) is 0 Å². The Hall–Kier alpha value is -1.79. The van der Waals surface area contributed by atoms with Gasteiger partial charge in [0.25, 0.3) is 0 Å². The average molecular weight is 407 g/mol. The maximum absolute atomic E-state index is 13.8. The summed E-state index contributed by atoms with van der Waals surface area (Å²) in [5.41, 5.74) is -0.941. The van der Waals surface area contributed by atoms with Crippen molar-refractivity contribution in [2.24, 2.45) is 17.3 Å². The Labute approximate surface area is 172 Å². The van der Waals surface area contributed by atoms with Crippen LogP contribution in [0, 0.1) is 17.3 Å². The molecule has 1 saturated heterocycles. The molecule has 162 valence electrons. The molecule has 0 aromatic rings. The first-order chi connectivity index (χ1) is 13.6. The zero-order chi connectivity index (χ0) is 21.0. The van der Waals surface area contributed by atoms with E-state index in [0.717, 1.165) is 63.7 Å². The van der Waals surface area contributed by atoms with Crippen LogP contribution < -0.4 is 5.32 Å². The molecule has 0 aromatic heterocycles. The molecule has 5 rings (SSSR count). The molecular weight excluding hydrogens is 372 g/mol. The fourth-order valence-electron chi connectivity index (χ4n) is 6.39. The van der Waals surface area contributed by atoms with Gasteiger partial charge < -0.3 is 20.1 Å². The van der Waals surface area contributed by atoms with E-state index in [4.69, 9.17) is 4.74 Å². The van der Waals surface area contributed by atoms with Gasteiger partial charge in [-0.2, -0.15) is 0 Å². The Balaban J connectivity index is 1.62. The van der Waals surface area contributed by atoms with Crippen molar-refractivity contribution < 1.29 is 24.2 Å². The van der Waals surface area contributed by atoms with E-state index in [1.807, 2.05) is 0 Å². The molecule has 7 heteroatoms. The van der Waals surface area contributed by atoms with Gasteiger partial charge in [0.05, 0.1) is 0 Å². The molecule has 4 bridgehead atoms. The van der Waals surface area contributed by atoms with Gasteiger partial charge in [0.2, 0.25) is 5.91 Å². The highest BCUT2D eigenvalue weighted by Gasteiger charge is 2.57. The topological polar surface area (TPSA) is 95.9 Å². The quantitative estimate of drug-likeness (QED) is 0.747. The number of hydrogen-bond acceptors (Lipinski definition) is 4. The molecule has 5 aliphatic rings. The zero-order valence-corrected chi connectivity index (χ0v) is 17.8. The first-order valence-corrected chi connectivity index (χ1v) is 11.1. The molecule has 0 radical (unpaired) electrons. The number of nitrogens with one attached hydrogen (secondary N) is 1. The SMILES string of the molecule is CC(C)(C)OC(=O)N[C@H](C(=O)N1[C@@H]2CC[C@@H](C2)[C@H]1C(=O)O)C12CCC(CC1)CC2. The van der Waals surface area contributed by atoms with Crippen LogP contribution in [0.4, 0.5) is 4.79 Å². The van der Waals surface area contributed by atoms with Crippen LogP contribution in [-0.2, 0) is 14.3 Å². The molecule has 29 heavy (non-hydrogen) atoms. The van der Waals surface area contributed by atoms with E-state index >= 15 is 0 Å². The second kappa shape index (κ2) is 7.17. The lowest BCUT2D eigenvalue weighted by Gasteiger charge is -2.51. The van der Waals surface area contributed by atoms with Gasteiger partial charge in [0.1, 0.15) is 17.7 Å². The predicted molar refractivity (Wildman–Crippen MR) is 106 cm³/mol. The maximum atomic E-state index is 13.8. The lowest BCUT2D eigenvalue weighted by atomic mass is 9.57. The molecule has 7 nitrogen and oxygen atoms in total. The Morgan fingerprint density at radius 3 is 2.24 bits per heavy atom. The number of carboxylic acids is 1. The molecule has 1 aliphatic heterocycles. The number of amides is 2. The van der Waals surface area contributed by atoms with Gasteiger partial charge in [-0.1, -0.05) is 0 Å². The Morgan fingerprint density at radius 1 is 1.07 bits per heavy atom. The zero-order valence-electron chi connectivity index (χ0n) is 17.8. The first-order valence-electron chi connectivity index (χ1n) is 11.1. The van der Waals surface area contributed by atoms with Crippen LogP contribution in [-0.4, -0.2) is 51.7 Å². The molecular formula is C22H34N2O5. The van der Waals surface area contributed by atoms with Crippen molar-refractivity contribution in [3.8, 4) is 0 Å². The molecule has 4 aliphatic carbocycles. The summed E-state index contributed by atoms with van der Waals surface area (Å²) in [5.74, 6) is -0.380.